The highest BCUT2D eigenvalue weighted by molar-refractivity contribution is 9.10. The summed E-state index contributed by atoms with van der Waals surface area (Å²) in [6.45, 7) is 1.91. The molecule has 0 saturated heterocycles. The van der Waals surface area contributed by atoms with Crippen molar-refractivity contribution in [2.24, 2.45) is 0 Å². The van der Waals surface area contributed by atoms with Gasteiger partial charge in [-0.15, -0.1) is 0 Å². The van der Waals surface area contributed by atoms with Crippen LogP contribution in [0.2, 0.25) is 5.02 Å². The van der Waals surface area contributed by atoms with Crippen LogP contribution in [0.1, 0.15) is 15.9 Å². The van der Waals surface area contributed by atoms with Crippen LogP contribution in [0.25, 0.3) is 0 Å². The summed E-state index contributed by atoms with van der Waals surface area (Å²) in [5.74, 6) is 0.405. The van der Waals surface area contributed by atoms with E-state index in [1.807, 2.05) is 13.0 Å². The highest BCUT2D eigenvalue weighted by atomic mass is 79.9. The number of hydrogen-bond donors (Lipinski definition) is 1. The van der Waals surface area contributed by atoms with Crippen LogP contribution < -0.4 is 10.1 Å². The van der Waals surface area contributed by atoms with E-state index in [1.54, 1.807) is 37.4 Å². The Morgan fingerprint density at radius 3 is 2.70 bits per heavy atom. The average molecular weight is 355 g/mol. The first-order valence-corrected chi connectivity index (χ1v) is 7.09. The maximum atomic E-state index is 12.3. The maximum Gasteiger partial charge on any atom is 0.256 e. The molecule has 0 heterocycles. The number of ether oxygens (including phenoxy) is 1. The minimum Gasteiger partial charge on any atom is -0.497 e. The summed E-state index contributed by atoms with van der Waals surface area (Å²) in [6.07, 6.45) is 0. The molecule has 0 aliphatic heterocycles. The summed E-state index contributed by atoms with van der Waals surface area (Å²) in [5, 5.41) is 3.43. The number of nitrogens with one attached hydrogen (secondary N) is 1. The number of hydrogen-bond acceptors (Lipinski definition) is 2. The Labute approximate surface area is 131 Å². The molecule has 0 aliphatic rings. The smallest absolute Gasteiger partial charge is 0.256 e. The zero-order chi connectivity index (χ0) is 14.7. The predicted molar refractivity (Wildman–Crippen MR) is 84.8 cm³/mol. The van der Waals surface area contributed by atoms with Crippen molar-refractivity contribution in [2.75, 3.05) is 12.4 Å². The normalized spacial score (nSPS) is 10.2. The van der Waals surface area contributed by atoms with Gasteiger partial charge < -0.3 is 10.1 Å². The van der Waals surface area contributed by atoms with E-state index in [-0.39, 0.29) is 5.91 Å². The van der Waals surface area contributed by atoms with Gasteiger partial charge in [-0.25, -0.2) is 0 Å². The Morgan fingerprint density at radius 1 is 1.25 bits per heavy atom. The summed E-state index contributed by atoms with van der Waals surface area (Å²) in [5.41, 5.74) is 2.14. The molecule has 0 radical (unpaired) electrons. The van der Waals surface area contributed by atoms with Crippen molar-refractivity contribution in [2.45, 2.75) is 6.92 Å². The summed E-state index contributed by atoms with van der Waals surface area (Å²) < 4.78 is 5.84. The van der Waals surface area contributed by atoms with Gasteiger partial charge in [0, 0.05) is 15.2 Å². The van der Waals surface area contributed by atoms with E-state index in [4.69, 9.17) is 16.3 Å². The first kappa shape index (κ1) is 14.9. The van der Waals surface area contributed by atoms with Gasteiger partial charge in [-0.05, 0) is 58.7 Å². The molecule has 104 valence electrons. The van der Waals surface area contributed by atoms with Crippen molar-refractivity contribution >= 4 is 39.1 Å². The van der Waals surface area contributed by atoms with E-state index in [9.17, 15) is 4.79 Å². The second kappa shape index (κ2) is 6.29. The average Bonchev–Trinajstić information content (AvgIpc) is 2.43. The van der Waals surface area contributed by atoms with E-state index in [2.05, 4.69) is 21.2 Å². The molecule has 0 spiro atoms. The number of benzene rings is 2. The first-order valence-electron chi connectivity index (χ1n) is 5.92. The largest absolute Gasteiger partial charge is 0.497 e. The van der Waals surface area contributed by atoms with Crippen LogP contribution in [-0.4, -0.2) is 13.0 Å². The molecular weight excluding hydrogens is 342 g/mol. The SMILES string of the molecule is COc1ccc(Br)c(C(=O)Nc2cc(Cl)ccc2C)c1. The van der Waals surface area contributed by atoms with E-state index >= 15 is 0 Å². The van der Waals surface area contributed by atoms with Gasteiger partial charge in [-0.1, -0.05) is 17.7 Å². The van der Waals surface area contributed by atoms with Gasteiger partial charge >= 0.3 is 0 Å². The number of aryl methyl sites for hydroxylation is 1. The third kappa shape index (κ3) is 3.32. The van der Waals surface area contributed by atoms with Crippen LogP contribution >= 0.6 is 27.5 Å². The minimum atomic E-state index is -0.221. The van der Waals surface area contributed by atoms with Gasteiger partial charge in [-0.2, -0.15) is 0 Å². The quantitative estimate of drug-likeness (QED) is 0.869. The van der Waals surface area contributed by atoms with Crippen molar-refractivity contribution in [3.63, 3.8) is 0 Å². The minimum absolute atomic E-state index is 0.221. The number of anilines is 1. The summed E-state index contributed by atoms with van der Waals surface area (Å²) in [4.78, 5) is 12.3. The van der Waals surface area contributed by atoms with Gasteiger partial charge in [0.05, 0.1) is 12.7 Å². The molecule has 2 aromatic carbocycles. The number of amides is 1. The van der Waals surface area contributed by atoms with Gasteiger partial charge in [0.15, 0.2) is 0 Å². The molecule has 0 bridgehead atoms. The number of methoxy groups -OCH3 is 1. The summed E-state index contributed by atoms with van der Waals surface area (Å²) in [7, 11) is 1.56. The second-order valence-electron chi connectivity index (χ2n) is 4.26. The zero-order valence-electron chi connectivity index (χ0n) is 11.0. The Hall–Kier alpha value is -1.52. The Bertz CT molecular complexity index is 658. The lowest BCUT2D eigenvalue weighted by atomic mass is 10.1. The van der Waals surface area contributed by atoms with Crippen LogP contribution in [0.4, 0.5) is 5.69 Å². The summed E-state index contributed by atoms with van der Waals surface area (Å²) in [6, 6.07) is 10.6. The predicted octanol–water partition coefficient (Wildman–Crippen LogP) is 4.67. The molecule has 3 nitrogen and oxygen atoms in total. The first-order chi connectivity index (χ1) is 9.51. The Balaban J connectivity index is 2.30. The van der Waals surface area contributed by atoms with E-state index < -0.39 is 0 Å². The van der Waals surface area contributed by atoms with Gasteiger partial charge in [0.1, 0.15) is 5.75 Å². The van der Waals surface area contributed by atoms with Crippen molar-refractivity contribution in [1.29, 1.82) is 0 Å². The molecule has 20 heavy (non-hydrogen) atoms. The number of carbonyl (C=O) groups is 1. The summed E-state index contributed by atoms with van der Waals surface area (Å²) >= 11 is 9.31. The maximum absolute atomic E-state index is 12.3. The second-order valence-corrected chi connectivity index (χ2v) is 5.55. The van der Waals surface area contributed by atoms with Crippen LogP contribution in [0.15, 0.2) is 40.9 Å². The molecule has 0 saturated carbocycles. The molecule has 1 N–H and O–H groups in total. The van der Waals surface area contributed by atoms with Gasteiger partial charge in [0.2, 0.25) is 0 Å². The fraction of sp³-hybridized carbons (Fsp3) is 0.133. The van der Waals surface area contributed by atoms with Crippen LogP contribution in [0, 0.1) is 6.92 Å². The Kier molecular flexibility index (Phi) is 4.68. The molecule has 0 atom stereocenters. The van der Waals surface area contributed by atoms with Crippen LogP contribution in [0.5, 0.6) is 5.75 Å². The van der Waals surface area contributed by atoms with Crippen molar-refractivity contribution in [3.8, 4) is 5.75 Å². The lowest BCUT2D eigenvalue weighted by molar-refractivity contribution is 0.102. The molecular formula is C15H13BrClNO2. The highest BCUT2D eigenvalue weighted by Gasteiger charge is 2.13. The molecule has 0 unspecified atom stereocenters. The fourth-order valence-electron chi connectivity index (χ4n) is 1.72. The molecule has 1 amide bonds. The highest BCUT2D eigenvalue weighted by Crippen LogP contribution is 2.25. The molecule has 0 fully saturated rings. The van der Waals surface area contributed by atoms with Crippen molar-refractivity contribution in [3.05, 3.63) is 57.0 Å². The topological polar surface area (TPSA) is 38.3 Å². The van der Waals surface area contributed by atoms with Crippen LogP contribution in [-0.2, 0) is 0 Å². The molecule has 0 aliphatic carbocycles. The third-order valence-electron chi connectivity index (χ3n) is 2.87. The molecule has 2 rings (SSSR count). The monoisotopic (exact) mass is 353 g/mol. The lowest BCUT2D eigenvalue weighted by Gasteiger charge is -2.11. The molecule has 5 heteroatoms. The van der Waals surface area contributed by atoms with Crippen molar-refractivity contribution < 1.29 is 9.53 Å². The van der Waals surface area contributed by atoms with E-state index in [0.717, 1.165) is 5.56 Å². The van der Waals surface area contributed by atoms with Crippen molar-refractivity contribution in [1.82, 2.24) is 0 Å². The number of carbonyl (C=O) groups excluding carboxylic acids is 1. The zero-order valence-corrected chi connectivity index (χ0v) is 13.4. The van der Waals surface area contributed by atoms with E-state index in [1.165, 1.54) is 0 Å². The van der Waals surface area contributed by atoms with Gasteiger partial charge in [-0.3, -0.25) is 4.79 Å². The molecule has 2 aromatic rings. The Morgan fingerprint density at radius 2 is 2.00 bits per heavy atom. The lowest BCUT2D eigenvalue weighted by Crippen LogP contribution is -2.13. The van der Waals surface area contributed by atoms with E-state index in [0.29, 0.717) is 26.5 Å². The molecule has 0 aromatic heterocycles. The third-order valence-corrected chi connectivity index (χ3v) is 3.79. The standard InChI is InChI=1S/C15H13BrClNO2/c1-9-3-4-10(17)7-14(9)18-15(19)12-8-11(20-2)5-6-13(12)16/h3-8H,1-2H3,(H,18,19). The number of halogens is 2. The van der Waals surface area contributed by atoms with Gasteiger partial charge in [0.25, 0.3) is 5.91 Å². The van der Waals surface area contributed by atoms with Crippen LogP contribution in [0.3, 0.4) is 0 Å². The fourth-order valence-corrected chi connectivity index (χ4v) is 2.32. The number of rotatable bonds is 3.